The Labute approximate surface area is 148 Å². The normalized spacial score (nSPS) is 11.4. The van der Waals surface area contributed by atoms with E-state index in [2.05, 4.69) is 13.8 Å². The number of aryl methyl sites for hydroxylation is 1. The molecule has 0 atom stereocenters. The van der Waals surface area contributed by atoms with Gasteiger partial charge in [0.1, 0.15) is 5.75 Å². The molecule has 0 aliphatic rings. The number of benzene rings is 1. The molecule has 1 aromatic heterocycles. The van der Waals surface area contributed by atoms with Crippen molar-refractivity contribution < 1.29 is 9.53 Å². The van der Waals surface area contributed by atoms with Gasteiger partial charge in [0.2, 0.25) is 0 Å². The van der Waals surface area contributed by atoms with E-state index in [0.717, 1.165) is 26.6 Å². The smallest absolute Gasteiger partial charge is 0.263 e. The van der Waals surface area contributed by atoms with Gasteiger partial charge in [0, 0.05) is 18.5 Å². The number of hydrogen-bond donors (Lipinski definition) is 1. The molecule has 0 radical (unpaired) electrons. The molecule has 2 N–H and O–H groups in total. The van der Waals surface area contributed by atoms with Crippen LogP contribution in [0.1, 0.15) is 28.4 Å². The molecule has 1 aromatic carbocycles. The molecular formula is C19H26N2O2S. The van der Waals surface area contributed by atoms with E-state index in [4.69, 9.17) is 10.5 Å². The number of thiophene rings is 1. The van der Waals surface area contributed by atoms with E-state index in [1.54, 1.807) is 12.0 Å². The lowest BCUT2D eigenvalue weighted by molar-refractivity contribution is 0.0745. The molecule has 0 bridgehead atoms. The predicted octanol–water partition coefficient (Wildman–Crippen LogP) is 3.79. The van der Waals surface area contributed by atoms with Crippen molar-refractivity contribution in [3.05, 3.63) is 40.1 Å². The van der Waals surface area contributed by atoms with Crippen LogP contribution >= 0.6 is 11.3 Å². The van der Waals surface area contributed by atoms with Crippen molar-refractivity contribution in [3.63, 3.8) is 0 Å². The Bertz CT molecular complexity index is 705. The molecule has 4 nitrogen and oxygen atoms in total. The third-order valence-corrected chi connectivity index (χ3v) is 5.13. The lowest BCUT2D eigenvalue weighted by Crippen LogP contribution is -2.39. The summed E-state index contributed by atoms with van der Waals surface area (Å²) < 4.78 is 5.20. The van der Waals surface area contributed by atoms with Crippen LogP contribution in [0.4, 0.5) is 0 Å². The van der Waals surface area contributed by atoms with Gasteiger partial charge in [0.15, 0.2) is 0 Å². The van der Waals surface area contributed by atoms with Gasteiger partial charge in [-0.3, -0.25) is 4.79 Å². The summed E-state index contributed by atoms with van der Waals surface area (Å²) in [6.07, 6.45) is 0. The van der Waals surface area contributed by atoms with Crippen molar-refractivity contribution in [2.75, 3.05) is 27.2 Å². The maximum Gasteiger partial charge on any atom is 0.263 e. The van der Waals surface area contributed by atoms with Crippen LogP contribution in [0.25, 0.3) is 11.1 Å². The topological polar surface area (TPSA) is 55.6 Å². The van der Waals surface area contributed by atoms with Crippen LogP contribution in [-0.4, -0.2) is 38.1 Å². The Kier molecular flexibility index (Phi) is 5.67. The highest BCUT2D eigenvalue weighted by molar-refractivity contribution is 7.14. The molecule has 2 aromatic rings. The van der Waals surface area contributed by atoms with Crippen molar-refractivity contribution >= 4 is 17.2 Å². The fourth-order valence-corrected chi connectivity index (χ4v) is 3.65. The zero-order chi connectivity index (χ0) is 17.9. The monoisotopic (exact) mass is 346 g/mol. The Morgan fingerprint density at radius 3 is 2.46 bits per heavy atom. The maximum absolute atomic E-state index is 12.7. The molecule has 0 saturated carbocycles. The van der Waals surface area contributed by atoms with Crippen LogP contribution in [-0.2, 0) is 0 Å². The van der Waals surface area contributed by atoms with Crippen molar-refractivity contribution in [2.45, 2.75) is 20.8 Å². The number of carbonyl (C=O) groups excluding carboxylic acids is 1. The van der Waals surface area contributed by atoms with Crippen molar-refractivity contribution in [1.29, 1.82) is 0 Å². The predicted molar refractivity (Wildman–Crippen MR) is 101 cm³/mol. The van der Waals surface area contributed by atoms with Crippen LogP contribution in [0.15, 0.2) is 30.3 Å². The van der Waals surface area contributed by atoms with Gasteiger partial charge in [-0.15, -0.1) is 11.3 Å². The zero-order valence-corrected chi connectivity index (χ0v) is 15.9. The number of nitrogens with two attached hydrogens (primary N) is 1. The molecule has 1 amide bonds. The van der Waals surface area contributed by atoms with Crippen LogP contribution in [0.3, 0.4) is 0 Å². The second-order valence-electron chi connectivity index (χ2n) is 6.84. The summed E-state index contributed by atoms with van der Waals surface area (Å²) in [7, 11) is 3.49. The largest absolute Gasteiger partial charge is 0.497 e. The van der Waals surface area contributed by atoms with Gasteiger partial charge < -0.3 is 15.4 Å². The Morgan fingerprint density at radius 2 is 1.92 bits per heavy atom. The van der Waals surface area contributed by atoms with E-state index in [0.29, 0.717) is 13.1 Å². The molecule has 0 saturated heterocycles. The maximum atomic E-state index is 12.7. The molecule has 24 heavy (non-hydrogen) atoms. The molecule has 0 aliphatic carbocycles. The number of rotatable bonds is 6. The van der Waals surface area contributed by atoms with E-state index in [-0.39, 0.29) is 11.3 Å². The van der Waals surface area contributed by atoms with Crippen LogP contribution in [0.5, 0.6) is 5.75 Å². The number of hydrogen-bond acceptors (Lipinski definition) is 4. The van der Waals surface area contributed by atoms with Gasteiger partial charge in [-0.25, -0.2) is 0 Å². The highest BCUT2D eigenvalue weighted by Crippen LogP contribution is 2.32. The fourth-order valence-electron chi connectivity index (χ4n) is 2.61. The van der Waals surface area contributed by atoms with E-state index in [1.807, 2.05) is 44.3 Å². The van der Waals surface area contributed by atoms with Crippen LogP contribution in [0.2, 0.25) is 0 Å². The van der Waals surface area contributed by atoms with E-state index in [9.17, 15) is 4.79 Å². The second-order valence-corrected chi connectivity index (χ2v) is 8.09. The summed E-state index contributed by atoms with van der Waals surface area (Å²) in [5, 5.41) is 0. The van der Waals surface area contributed by atoms with Gasteiger partial charge in [0.25, 0.3) is 5.91 Å². The third-order valence-electron chi connectivity index (χ3n) is 4.09. The van der Waals surface area contributed by atoms with Gasteiger partial charge in [-0.1, -0.05) is 26.0 Å². The first kappa shape index (κ1) is 18.5. The summed E-state index contributed by atoms with van der Waals surface area (Å²) in [4.78, 5) is 16.4. The minimum atomic E-state index is -0.0878. The molecule has 0 unspecified atom stereocenters. The summed E-state index contributed by atoms with van der Waals surface area (Å²) in [6, 6.07) is 9.89. The highest BCUT2D eigenvalue weighted by atomic mass is 32.1. The highest BCUT2D eigenvalue weighted by Gasteiger charge is 2.23. The first-order valence-corrected chi connectivity index (χ1v) is 8.79. The number of ether oxygens (including phenoxy) is 1. The summed E-state index contributed by atoms with van der Waals surface area (Å²) >= 11 is 1.54. The Hall–Kier alpha value is -1.85. The molecule has 0 spiro atoms. The third kappa shape index (κ3) is 4.16. The number of nitrogens with zero attached hydrogens (tertiary/aromatic N) is 1. The average Bonchev–Trinajstić information content (AvgIpc) is 2.95. The number of methoxy groups -OCH3 is 1. The summed E-state index contributed by atoms with van der Waals surface area (Å²) in [5.74, 6) is 0.871. The summed E-state index contributed by atoms with van der Waals surface area (Å²) in [6.45, 7) is 7.37. The second kappa shape index (κ2) is 7.36. The lowest BCUT2D eigenvalue weighted by atomic mass is 9.93. The van der Waals surface area contributed by atoms with Gasteiger partial charge in [0.05, 0.1) is 12.0 Å². The first-order chi connectivity index (χ1) is 11.3. The minimum Gasteiger partial charge on any atom is -0.497 e. The van der Waals surface area contributed by atoms with E-state index < -0.39 is 0 Å². The minimum absolute atomic E-state index is 0.0457. The van der Waals surface area contributed by atoms with Crippen molar-refractivity contribution in [3.8, 4) is 16.9 Å². The lowest BCUT2D eigenvalue weighted by Gasteiger charge is -2.28. The summed E-state index contributed by atoms with van der Waals surface area (Å²) in [5.41, 5.74) is 7.87. The molecule has 2 rings (SSSR count). The van der Waals surface area contributed by atoms with E-state index >= 15 is 0 Å². The SMILES string of the molecule is COc1ccc(-c2cc(C(=O)N(C)CC(C)(C)CN)sc2C)cc1. The van der Waals surface area contributed by atoms with Gasteiger partial charge in [-0.2, -0.15) is 0 Å². The van der Waals surface area contributed by atoms with E-state index in [1.165, 1.54) is 11.3 Å². The number of amides is 1. The Balaban J connectivity index is 2.22. The van der Waals surface area contributed by atoms with Crippen molar-refractivity contribution in [1.82, 2.24) is 4.90 Å². The molecule has 0 aliphatic heterocycles. The quantitative estimate of drug-likeness (QED) is 0.866. The fraction of sp³-hybridized carbons (Fsp3) is 0.421. The average molecular weight is 346 g/mol. The molecule has 0 fully saturated rings. The standard InChI is InChI=1S/C19H26N2O2S/c1-13-16(14-6-8-15(23-5)9-7-14)10-17(24-13)18(22)21(4)12-19(2,3)11-20/h6-10H,11-12,20H2,1-5H3. The van der Waals surface area contributed by atoms with Crippen LogP contribution in [0, 0.1) is 12.3 Å². The Morgan fingerprint density at radius 1 is 1.29 bits per heavy atom. The van der Waals surface area contributed by atoms with Crippen molar-refractivity contribution in [2.24, 2.45) is 11.1 Å². The van der Waals surface area contributed by atoms with Gasteiger partial charge in [-0.05, 0) is 48.2 Å². The zero-order valence-electron chi connectivity index (χ0n) is 15.1. The molecule has 5 heteroatoms. The molecule has 130 valence electrons. The molecule has 1 heterocycles. The van der Waals surface area contributed by atoms with Crippen LogP contribution < -0.4 is 10.5 Å². The molecular weight excluding hydrogens is 320 g/mol. The first-order valence-electron chi connectivity index (χ1n) is 7.98. The number of carbonyl (C=O) groups is 1. The van der Waals surface area contributed by atoms with Gasteiger partial charge >= 0.3 is 0 Å².